The van der Waals surface area contributed by atoms with Gasteiger partial charge in [-0.25, -0.2) is 0 Å². The van der Waals surface area contributed by atoms with Gasteiger partial charge in [-0.2, -0.15) is 0 Å². The molecule has 3 rings (SSSR count). The molecule has 0 bridgehead atoms. The number of nitrogens with one attached hydrogen (secondary N) is 2. The van der Waals surface area contributed by atoms with Crippen LogP contribution in [0.4, 0.5) is 0 Å². The molecule has 0 saturated carbocycles. The smallest absolute Gasteiger partial charge is 0.191 e. The summed E-state index contributed by atoms with van der Waals surface area (Å²) in [5.41, 5.74) is 2.69. The number of halogens is 1. The summed E-state index contributed by atoms with van der Waals surface area (Å²) in [5, 5.41) is 6.82. The summed E-state index contributed by atoms with van der Waals surface area (Å²) in [4.78, 5) is 9.36. The number of hydrogen-bond donors (Lipinski definition) is 2. The van der Waals surface area contributed by atoms with E-state index in [0.717, 1.165) is 58.4 Å². The van der Waals surface area contributed by atoms with Crippen molar-refractivity contribution in [2.75, 3.05) is 53.0 Å². The molecule has 2 fully saturated rings. The molecular formula is C22H38IN5O. The van der Waals surface area contributed by atoms with Crippen LogP contribution in [0.3, 0.4) is 0 Å². The average Bonchev–Trinajstić information content (AvgIpc) is 2.74. The van der Waals surface area contributed by atoms with Crippen molar-refractivity contribution in [3.8, 4) is 0 Å². The topological polar surface area (TPSA) is 52.1 Å². The minimum absolute atomic E-state index is 0. The third-order valence-corrected chi connectivity index (χ3v) is 5.86. The number of likely N-dealkylation sites (tertiary alicyclic amines) is 1. The second-order valence-corrected chi connectivity index (χ2v) is 7.94. The molecule has 0 spiro atoms. The Hall–Kier alpha value is -0.900. The van der Waals surface area contributed by atoms with E-state index in [0.29, 0.717) is 6.04 Å². The fraction of sp³-hybridized carbons (Fsp3) is 0.682. The van der Waals surface area contributed by atoms with E-state index in [1.165, 1.54) is 36.9 Å². The van der Waals surface area contributed by atoms with Crippen molar-refractivity contribution in [2.45, 2.75) is 45.3 Å². The molecule has 1 unspecified atom stereocenters. The normalized spacial score (nSPS) is 21.4. The highest BCUT2D eigenvalue weighted by Gasteiger charge is 2.17. The van der Waals surface area contributed by atoms with Gasteiger partial charge in [0.2, 0.25) is 0 Å². The molecule has 2 aliphatic heterocycles. The van der Waals surface area contributed by atoms with Crippen LogP contribution < -0.4 is 10.6 Å². The number of ether oxygens (including phenoxy) is 1. The van der Waals surface area contributed by atoms with Gasteiger partial charge in [-0.05, 0) is 37.4 Å². The Bertz CT molecular complexity index is 604. The second kappa shape index (κ2) is 13.4. The van der Waals surface area contributed by atoms with E-state index < -0.39 is 0 Å². The van der Waals surface area contributed by atoms with Crippen LogP contribution in [0.25, 0.3) is 0 Å². The van der Waals surface area contributed by atoms with Gasteiger partial charge >= 0.3 is 0 Å². The molecule has 7 heteroatoms. The van der Waals surface area contributed by atoms with Gasteiger partial charge in [0, 0.05) is 52.4 Å². The summed E-state index contributed by atoms with van der Waals surface area (Å²) in [6.07, 6.45) is 4.05. The summed E-state index contributed by atoms with van der Waals surface area (Å²) in [5.74, 6) is 0.861. The van der Waals surface area contributed by atoms with Crippen LogP contribution in [-0.4, -0.2) is 74.8 Å². The fourth-order valence-corrected chi connectivity index (χ4v) is 3.95. The maximum absolute atomic E-state index is 5.39. The first-order valence-corrected chi connectivity index (χ1v) is 10.8. The van der Waals surface area contributed by atoms with Crippen LogP contribution in [0.5, 0.6) is 0 Å². The number of nitrogens with zero attached hydrogens (tertiary/aromatic N) is 3. The molecule has 29 heavy (non-hydrogen) atoms. The largest absolute Gasteiger partial charge is 0.379 e. The monoisotopic (exact) mass is 515 g/mol. The van der Waals surface area contributed by atoms with Gasteiger partial charge in [-0.1, -0.05) is 30.7 Å². The van der Waals surface area contributed by atoms with Gasteiger partial charge in [0.15, 0.2) is 5.96 Å². The number of rotatable bonds is 7. The molecule has 0 amide bonds. The van der Waals surface area contributed by atoms with Crippen LogP contribution in [0.1, 0.15) is 37.3 Å². The third kappa shape index (κ3) is 8.39. The Labute approximate surface area is 193 Å². The fourth-order valence-electron chi connectivity index (χ4n) is 3.95. The van der Waals surface area contributed by atoms with Crippen LogP contribution >= 0.6 is 24.0 Å². The second-order valence-electron chi connectivity index (χ2n) is 7.94. The zero-order chi connectivity index (χ0) is 19.6. The molecule has 0 radical (unpaired) electrons. The summed E-state index contributed by atoms with van der Waals surface area (Å²) in [6.45, 7) is 11.1. The van der Waals surface area contributed by atoms with Crippen molar-refractivity contribution >= 4 is 29.9 Å². The summed E-state index contributed by atoms with van der Waals surface area (Å²) >= 11 is 0. The summed E-state index contributed by atoms with van der Waals surface area (Å²) in [7, 11) is 1.83. The van der Waals surface area contributed by atoms with Crippen LogP contribution in [0.2, 0.25) is 0 Å². The molecule has 164 valence electrons. The predicted molar refractivity (Wildman–Crippen MR) is 131 cm³/mol. The maximum atomic E-state index is 5.39. The number of aliphatic imine (C=N–C) groups is 1. The number of morpholine rings is 1. The highest BCUT2D eigenvalue weighted by molar-refractivity contribution is 14.0. The number of piperidine rings is 1. The molecule has 2 heterocycles. The Morgan fingerprint density at radius 2 is 1.79 bits per heavy atom. The lowest BCUT2D eigenvalue weighted by Crippen LogP contribution is -2.44. The first-order chi connectivity index (χ1) is 13.7. The highest BCUT2D eigenvalue weighted by Crippen LogP contribution is 2.19. The first-order valence-electron chi connectivity index (χ1n) is 10.8. The number of benzene rings is 1. The SMILES string of the molecule is CN=C(NCCN1CCOCC1)NCc1ccc(CN2CCCCC2C)cc1.I. The van der Waals surface area contributed by atoms with Crippen LogP contribution in [0.15, 0.2) is 29.3 Å². The minimum Gasteiger partial charge on any atom is -0.379 e. The predicted octanol–water partition coefficient (Wildman–Crippen LogP) is 2.68. The molecular weight excluding hydrogens is 477 g/mol. The van der Waals surface area contributed by atoms with Crippen molar-refractivity contribution in [2.24, 2.45) is 4.99 Å². The van der Waals surface area contributed by atoms with Crippen molar-refractivity contribution in [3.63, 3.8) is 0 Å². The first kappa shape index (κ1) is 24.4. The Balaban J connectivity index is 0.00000300. The lowest BCUT2D eigenvalue weighted by Gasteiger charge is -2.33. The lowest BCUT2D eigenvalue weighted by molar-refractivity contribution is 0.0389. The number of guanidine groups is 1. The molecule has 1 atom stereocenters. The van der Waals surface area contributed by atoms with Gasteiger partial charge in [0.05, 0.1) is 13.2 Å². The maximum Gasteiger partial charge on any atom is 0.191 e. The third-order valence-electron chi connectivity index (χ3n) is 5.86. The molecule has 2 N–H and O–H groups in total. The minimum atomic E-state index is 0. The van der Waals surface area contributed by atoms with E-state index in [1.54, 1.807) is 0 Å². The summed E-state index contributed by atoms with van der Waals surface area (Å²) < 4.78 is 5.39. The van der Waals surface area contributed by atoms with E-state index in [-0.39, 0.29) is 24.0 Å². The van der Waals surface area contributed by atoms with Crippen molar-refractivity contribution in [3.05, 3.63) is 35.4 Å². The molecule has 0 aromatic heterocycles. The van der Waals surface area contributed by atoms with Gasteiger partial charge in [-0.3, -0.25) is 14.8 Å². The zero-order valence-electron chi connectivity index (χ0n) is 18.0. The standard InChI is InChI=1S/C22H37N5O.HI/c1-19-5-3-4-11-27(19)18-21-8-6-20(7-9-21)17-25-22(23-2)24-10-12-26-13-15-28-16-14-26;/h6-9,19H,3-5,10-18H2,1-2H3,(H2,23,24,25);1H. The molecule has 2 aliphatic rings. The molecule has 2 saturated heterocycles. The van der Waals surface area contributed by atoms with Crippen molar-refractivity contribution < 1.29 is 4.74 Å². The van der Waals surface area contributed by atoms with E-state index >= 15 is 0 Å². The van der Waals surface area contributed by atoms with Gasteiger partial charge in [-0.15, -0.1) is 24.0 Å². The highest BCUT2D eigenvalue weighted by atomic mass is 127. The van der Waals surface area contributed by atoms with E-state index in [2.05, 4.69) is 56.6 Å². The van der Waals surface area contributed by atoms with Crippen LogP contribution in [0, 0.1) is 0 Å². The van der Waals surface area contributed by atoms with E-state index in [4.69, 9.17) is 4.74 Å². The van der Waals surface area contributed by atoms with E-state index in [1.807, 2.05) is 7.05 Å². The number of hydrogen-bond acceptors (Lipinski definition) is 4. The lowest BCUT2D eigenvalue weighted by atomic mass is 10.0. The summed E-state index contributed by atoms with van der Waals surface area (Å²) in [6, 6.07) is 9.72. The molecule has 1 aromatic rings. The van der Waals surface area contributed by atoms with E-state index in [9.17, 15) is 0 Å². The quantitative estimate of drug-likeness (QED) is 0.333. The Morgan fingerprint density at radius 1 is 1.07 bits per heavy atom. The van der Waals surface area contributed by atoms with Crippen LogP contribution in [-0.2, 0) is 17.8 Å². The van der Waals surface area contributed by atoms with Gasteiger partial charge < -0.3 is 15.4 Å². The van der Waals surface area contributed by atoms with Gasteiger partial charge in [0.25, 0.3) is 0 Å². The zero-order valence-corrected chi connectivity index (χ0v) is 20.4. The van der Waals surface area contributed by atoms with Crippen molar-refractivity contribution in [1.82, 2.24) is 20.4 Å². The molecule has 0 aliphatic carbocycles. The Morgan fingerprint density at radius 3 is 2.48 bits per heavy atom. The molecule has 1 aromatic carbocycles. The average molecular weight is 515 g/mol. The Kier molecular flexibility index (Phi) is 11.3. The molecule has 6 nitrogen and oxygen atoms in total. The van der Waals surface area contributed by atoms with Crippen molar-refractivity contribution in [1.29, 1.82) is 0 Å². The van der Waals surface area contributed by atoms with Gasteiger partial charge in [0.1, 0.15) is 0 Å².